The van der Waals surface area contributed by atoms with E-state index in [2.05, 4.69) is 0 Å². The number of carbonyl (C=O) groups is 2. The second kappa shape index (κ2) is 8.62. The van der Waals surface area contributed by atoms with E-state index in [4.69, 9.17) is 9.47 Å². The van der Waals surface area contributed by atoms with Crippen molar-refractivity contribution < 1.29 is 27.5 Å². The molecule has 9 nitrogen and oxygen atoms in total. The highest BCUT2D eigenvalue weighted by Gasteiger charge is 2.36. The van der Waals surface area contributed by atoms with Gasteiger partial charge in [-0.3, -0.25) is 4.79 Å². The van der Waals surface area contributed by atoms with Crippen molar-refractivity contribution in [2.75, 3.05) is 39.5 Å². The van der Waals surface area contributed by atoms with Crippen LogP contribution in [0.1, 0.15) is 36.7 Å². The normalized spacial score (nSPS) is 21.5. The number of hydrogen-bond donors (Lipinski definition) is 0. The maximum atomic E-state index is 13.1. The average Bonchev–Trinajstić information content (AvgIpc) is 3.11. The monoisotopic (exact) mass is 413 g/mol. The van der Waals surface area contributed by atoms with Crippen LogP contribution < -0.4 is 0 Å². The van der Waals surface area contributed by atoms with Gasteiger partial charge in [0.2, 0.25) is 10.0 Å². The Hall–Kier alpha value is -1.91. The van der Waals surface area contributed by atoms with Crippen molar-refractivity contribution in [2.45, 2.75) is 37.1 Å². The van der Waals surface area contributed by atoms with Crippen molar-refractivity contribution in [1.82, 2.24) is 13.8 Å². The van der Waals surface area contributed by atoms with E-state index in [1.165, 1.54) is 26.0 Å². The molecule has 0 aliphatic carbocycles. The minimum absolute atomic E-state index is 0.0740. The summed E-state index contributed by atoms with van der Waals surface area (Å²) in [4.78, 5) is 27.0. The summed E-state index contributed by atoms with van der Waals surface area (Å²) in [5.41, 5.74) is 0.239. The lowest BCUT2D eigenvalue weighted by Gasteiger charge is -2.34. The number of piperidine rings is 1. The van der Waals surface area contributed by atoms with Crippen molar-refractivity contribution in [3.8, 4) is 0 Å². The van der Waals surface area contributed by atoms with E-state index in [1.807, 2.05) is 0 Å². The van der Waals surface area contributed by atoms with Crippen molar-refractivity contribution in [1.29, 1.82) is 0 Å². The zero-order valence-electron chi connectivity index (χ0n) is 16.3. The smallest absolute Gasteiger partial charge is 0.328 e. The van der Waals surface area contributed by atoms with Crippen LogP contribution in [0.4, 0.5) is 0 Å². The largest absolute Gasteiger partial charge is 0.464 e. The molecule has 0 unspecified atom stereocenters. The van der Waals surface area contributed by atoms with Crippen LogP contribution in [0.2, 0.25) is 0 Å². The zero-order chi connectivity index (χ0) is 20.3. The van der Waals surface area contributed by atoms with Crippen LogP contribution >= 0.6 is 0 Å². The van der Waals surface area contributed by atoms with Gasteiger partial charge >= 0.3 is 5.97 Å². The molecule has 1 atom stereocenters. The van der Waals surface area contributed by atoms with E-state index < -0.39 is 22.0 Å². The number of aromatic nitrogens is 1. The first kappa shape index (κ1) is 20.8. The van der Waals surface area contributed by atoms with Gasteiger partial charge in [0.1, 0.15) is 16.6 Å². The molecule has 156 valence electrons. The second-order valence-corrected chi connectivity index (χ2v) is 8.89. The lowest BCUT2D eigenvalue weighted by molar-refractivity contribution is -0.149. The van der Waals surface area contributed by atoms with E-state index in [9.17, 15) is 18.0 Å². The van der Waals surface area contributed by atoms with Crippen molar-refractivity contribution in [3.05, 3.63) is 18.0 Å². The lowest BCUT2D eigenvalue weighted by atomic mass is 10.0. The van der Waals surface area contributed by atoms with E-state index >= 15 is 0 Å². The van der Waals surface area contributed by atoms with Gasteiger partial charge in [0, 0.05) is 32.9 Å². The first-order valence-corrected chi connectivity index (χ1v) is 11.0. The van der Waals surface area contributed by atoms with Gasteiger partial charge in [0.05, 0.1) is 19.8 Å². The Bertz CT molecular complexity index is 828. The molecule has 0 aromatic carbocycles. The molecule has 1 amide bonds. The Balaban J connectivity index is 1.85. The van der Waals surface area contributed by atoms with Gasteiger partial charge in [0.25, 0.3) is 5.91 Å². The fourth-order valence-electron chi connectivity index (χ4n) is 3.63. The van der Waals surface area contributed by atoms with Crippen LogP contribution in [0.5, 0.6) is 0 Å². The molecule has 2 saturated heterocycles. The number of carbonyl (C=O) groups excluding carboxylic acids is 2. The summed E-state index contributed by atoms with van der Waals surface area (Å²) >= 11 is 0. The molecule has 0 radical (unpaired) electrons. The summed E-state index contributed by atoms with van der Waals surface area (Å²) < 4.78 is 38.9. The molecule has 0 bridgehead atoms. The minimum Gasteiger partial charge on any atom is -0.464 e. The molecular weight excluding hydrogens is 386 g/mol. The van der Waals surface area contributed by atoms with Crippen LogP contribution in [0.25, 0.3) is 0 Å². The van der Waals surface area contributed by atoms with E-state index in [1.54, 1.807) is 14.0 Å². The molecule has 0 N–H and O–H groups in total. The average molecular weight is 413 g/mol. The van der Waals surface area contributed by atoms with Gasteiger partial charge in [0.15, 0.2) is 0 Å². The molecule has 3 rings (SSSR count). The first-order valence-electron chi connectivity index (χ1n) is 9.58. The Morgan fingerprint density at radius 2 is 1.93 bits per heavy atom. The second-order valence-electron chi connectivity index (χ2n) is 6.95. The molecule has 2 aliphatic rings. The summed E-state index contributed by atoms with van der Waals surface area (Å²) in [5, 5.41) is 0. The van der Waals surface area contributed by atoms with Crippen molar-refractivity contribution >= 4 is 21.9 Å². The lowest BCUT2D eigenvalue weighted by Crippen LogP contribution is -2.49. The number of ether oxygens (including phenoxy) is 2. The number of amides is 1. The Labute approximate surface area is 165 Å². The summed E-state index contributed by atoms with van der Waals surface area (Å²) in [6.45, 7) is 3.71. The number of rotatable bonds is 5. The Morgan fingerprint density at radius 3 is 2.61 bits per heavy atom. The zero-order valence-corrected chi connectivity index (χ0v) is 17.1. The number of aryl methyl sites for hydroxylation is 1. The maximum Gasteiger partial charge on any atom is 0.328 e. The highest BCUT2D eigenvalue weighted by atomic mass is 32.2. The predicted molar refractivity (Wildman–Crippen MR) is 100 cm³/mol. The van der Waals surface area contributed by atoms with Crippen LogP contribution in [0.3, 0.4) is 0 Å². The molecule has 1 aromatic heterocycles. The highest BCUT2D eigenvalue weighted by molar-refractivity contribution is 7.89. The van der Waals surface area contributed by atoms with Crippen LogP contribution in [-0.2, 0) is 31.3 Å². The highest BCUT2D eigenvalue weighted by Crippen LogP contribution is 2.24. The third kappa shape index (κ3) is 4.08. The summed E-state index contributed by atoms with van der Waals surface area (Å²) in [5.74, 6) is -0.769. The minimum atomic E-state index is -3.70. The number of nitrogens with zero attached hydrogens (tertiary/aromatic N) is 3. The van der Waals surface area contributed by atoms with Gasteiger partial charge in [-0.1, -0.05) is 0 Å². The fourth-order valence-corrected chi connectivity index (χ4v) is 5.11. The SMILES string of the molecule is CCOC(=O)[C@@H]1CCCCN1C(=O)c1cc(S(=O)(=O)N2CCOCC2)cn1C. The molecule has 2 aliphatic heterocycles. The molecule has 0 saturated carbocycles. The van der Waals surface area contributed by atoms with Crippen LogP contribution in [0.15, 0.2) is 17.2 Å². The van der Waals surface area contributed by atoms with E-state index in [0.717, 1.165) is 12.8 Å². The van der Waals surface area contributed by atoms with Crippen molar-refractivity contribution in [3.63, 3.8) is 0 Å². The Morgan fingerprint density at radius 1 is 1.21 bits per heavy atom. The fraction of sp³-hybridized carbons (Fsp3) is 0.667. The molecule has 2 fully saturated rings. The van der Waals surface area contributed by atoms with Gasteiger partial charge in [-0.05, 0) is 32.3 Å². The van der Waals surface area contributed by atoms with Crippen molar-refractivity contribution in [2.24, 2.45) is 7.05 Å². The van der Waals surface area contributed by atoms with Gasteiger partial charge in [-0.15, -0.1) is 0 Å². The topological polar surface area (TPSA) is 98.2 Å². The standard InChI is InChI=1S/C18H27N3O6S/c1-3-27-18(23)15-6-4-5-7-21(15)17(22)16-12-14(13-19(16)2)28(24,25)20-8-10-26-11-9-20/h12-13,15H,3-11H2,1-2H3/t15-/m0/s1. The van der Waals surface area contributed by atoms with E-state index in [-0.39, 0.29) is 36.2 Å². The Kier molecular flexibility index (Phi) is 6.41. The van der Waals surface area contributed by atoms with Gasteiger partial charge in [-0.2, -0.15) is 4.31 Å². The third-order valence-electron chi connectivity index (χ3n) is 5.13. The number of sulfonamides is 1. The molecule has 28 heavy (non-hydrogen) atoms. The first-order chi connectivity index (χ1) is 13.4. The molecule has 1 aromatic rings. The number of hydrogen-bond acceptors (Lipinski definition) is 6. The molecule has 10 heteroatoms. The third-order valence-corrected chi connectivity index (χ3v) is 6.99. The predicted octanol–water partition coefficient (Wildman–Crippen LogP) is 0.604. The molecule has 3 heterocycles. The van der Waals surface area contributed by atoms with E-state index in [0.29, 0.717) is 26.2 Å². The quantitative estimate of drug-likeness (QED) is 0.656. The number of morpholine rings is 1. The summed E-state index contributed by atoms with van der Waals surface area (Å²) in [6.07, 6.45) is 3.64. The van der Waals surface area contributed by atoms with Gasteiger partial charge < -0.3 is 18.9 Å². The number of esters is 1. The molecule has 0 spiro atoms. The summed E-state index contributed by atoms with van der Waals surface area (Å²) in [6, 6.07) is 0.764. The van der Waals surface area contributed by atoms with Crippen LogP contribution in [-0.4, -0.2) is 79.6 Å². The number of likely N-dealkylation sites (tertiary alicyclic amines) is 1. The molecular formula is C18H27N3O6S. The maximum absolute atomic E-state index is 13.1. The summed E-state index contributed by atoms with van der Waals surface area (Å²) in [7, 11) is -2.06. The van der Waals surface area contributed by atoms with Gasteiger partial charge in [-0.25, -0.2) is 13.2 Å². The van der Waals surface area contributed by atoms with Crippen LogP contribution in [0, 0.1) is 0 Å².